The number of nitrogens with two attached hydrogens (primary N) is 1. The highest BCUT2D eigenvalue weighted by Gasteiger charge is 2.17. The molecule has 1 rings (SSSR count). The zero-order valence-electron chi connectivity index (χ0n) is 10.2. The second kappa shape index (κ2) is 4.63. The second-order valence-corrected chi connectivity index (χ2v) is 4.47. The Kier molecular flexibility index (Phi) is 3.66. The van der Waals surface area contributed by atoms with Crippen LogP contribution in [0.15, 0.2) is 6.07 Å². The van der Waals surface area contributed by atoms with Crippen LogP contribution in [0.5, 0.6) is 0 Å². The third-order valence-electron chi connectivity index (χ3n) is 1.99. The highest BCUT2D eigenvalue weighted by atomic mass is 16.3. The third kappa shape index (κ3) is 3.63. The molecule has 0 aliphatic heterocycles. The van der Waals surface area contributed by atoms with Gasteiger partial charge in [-0.2, -0.15) is 0 Å². The van der Waals surface area contributed by atoms with E-state index >= 15 is 0 Å². The summed E-state index contributed by atoms with van der Waals surface area (Å²) < 4.78 is 0. The van der Waals surface area contributed by atoms with E-state index in [4.69, 9.17) is 5.84 Å². The van der Waals surface area contributed by atoms with Crippen molar-refractivity contribution in [1.82, 2.24) is 9.97 Å². The van der Waals surface area contributed by atoms with Crippen LogP contribution in [0.1, 0.15) is 19.7 Å². The van der Waals surface area contributed by atoms with Gasteiger partial charge in [0.05, 0.1) is 5.60 Å². The minimum Gasteiger partial charge on any atom is -0.389 e. The lowest BCUT2D eigenvalue weighted by molar-refractivity contribution is 0.0884. The Bertz CT molecular complexity index is 361. The van der Waals surface area contributed by atoms with Crippen LogP contribution in [0.2, 0.25) is 0 Å². The van der Waals surface area contributed by atoms with Gasteiger partial charge in [0.2, 0.25) is 0 Å². The van der Waals surface area contributed by atoms with Crippen LogP contribution in [-0.2, 0) is 0 Å². The van der Waals surface area contributed by atoms with Gasteiger partial charge in [0.1, 0.15) is 17.5 Å². The molecule has 1 aromatic rings. The molecule has 4 N–H and O–H groups in total. The van der Waals surface area contributed by atoms with Gasteiger partial charge in [0.15, 0.2) is 0 Å². The Labute approximate surface area is 95.5 Å². The summed E-state index contributed by atoms with van der Waals surface area (Å²) in [5, 5.41) is 9.72. The standard InChI is InChI=1S/C10H19N5O/c1-7-12-8(14-11)5-9(13-7)15(4)6-10(2,3)16/h5,16H,6,11H2,1-4H3,(H,12,13,14). The number of nitrogens with one attached hydrogen (secondary N) is 1. The summed E-state index contributed by atoms with van der Waals surface area (Å²) >= 11 is 0. The van der Waals surface area contributed by atoms with Crippen molar-refractivity contribution in [3.8, 4) is 0 Å². The first kappa shape index (κ1) is 12.7. The van der Waals surface area contributed by atoms with E-state index in [9.17, 15) is 5.11 Å². The van der Waals surface area contributed by atoms with Crippen molar-refractivity contribution in [3.05, 3.63) is 11.9 Å². The summed E-state index contributed by atoms with van der Waals surface area (Å²) in [5.41, 5.74) is 1.71. The summed E-state index contributed by atoms with van der Waals surface area (Å²) in [4.78, 5) is 10.2. The van der Waals surface area contributed by atoms with Crippen LogP contribution in [-0.4, -0.2) is 34.3 Å². The molecule has 0 saturated heterocycles. The fourth-order valence-electron chi connectivity index (χ4n) is 1.48. The van der Waals surface area contributed by atoms with E-state index in [1.807, 2.05) is 11.9 Å². The molecule has 90 valence electrons. The van der Waals surface area contributed by atoms with Crippen LogP contribution < -0.4 is 16.2 Å². The Hall–Kier alpha value is -1.40. The van der Waals surface area contributed by atoms with Crippen molar-refractivity contribution >= 4 is 11.6 Å². The molecule has 0 fully saturated rings. The number of hydrogen-bond donors (Lipinski definition) is 3. The summed E-state index contributed by atoms with van der Waals surface area (Å²) in [6, 6.07) is 1.73. The highest BCUT2D eigenvalue weighted by Crippen LogP contribution is 2.16. The Morgan fingerprint density at radius 2 is 2.12 bits per heavy atom. The molecule has 1 heterocycles. The number of nitrogen functional groups attached to an aromatic ring is 1. The summed E-state index contributed by atoms with van der Waals surface area (Å²) in [6.07, 6.45) is 0. The molecule has 0 aliphatic rings. The minimum atomic E-state index is -0.774. The van der Waals surface area contributed by atoms with Crippen LogP contribution >= 0.6 is 0 Å². The zero-order chi connectivity index (χ0) is 12.3. The number of aliphatic hydroxyl groups is 1. The molecule has 0 bridgehead atoms. The number of aryl methyl sites for hydroxylation is 1. The van der Waals surface area contributed by atoms with Gasteiger partial charge in [0, 0.05) is 19.7 Å². The average Bonchev–Trinajstić information content (AvgIpc) is 2.14. The number of likely N-dealkylation sites (N-methyl/N-ethyl adjacent to an activating group) is 1. The van der Waals surface area contributed by atoms with E-state index in [1.165, 1.54) is 0 Å². The van der Waals surface area contributed by atoms with E-state index < -0.39 is 5.60 Å². The highest BCUT2D eigenvalue weighted by molar-refractivity contribution is 5.48. The first-order valence-corrected chi connectivity index (χ1v) is 5.07. The Morgan fingerprint density at radius 1 is 1.50 bits per heavy atom. The number of hydrogen-bond acceptors (Lipinski definition) is 6. The predicted octanol–water partition coefficient (Wildman–Crippen LogP) is 0.278. The monoisotopic (exact) mass is 225 g/mol. The molecular formula is C10H19N5O. The average molecular weight is 225 g/mol. The lowest BCUT2D eigenvalue weighted by Crippen LogP contribution is -2.36. The van der Waals surface area contributed by atoms with E-state index in [0.717, 1.165) is 5.82 Å². The minimum absolute atomic E-state index is 0.480. The quantitative estimate of drug-likeness (QED) is 0.504. The number of hydrazine groups is 1. The largest absolute Gasteiger partial charge is 0.389 e. The summed E-state index contributed by atoms with van der Waals surface area (Å²) in [7, 11) is 1.86. The molecule has 16 heavy (non-hydrogen) atoms. The van der Waals surface area contributed by atoms with Crippen molar-refractivity contribution < 1.29 is 5.11 Å². The Balaban J connectivity index is 2.90. The third-order valence-corrected chi connectivity index (χ3v) is 1.99. The van der Waals surface area contributed by atoms with Gasteiger partial charge in [0.25, 0.3) is 0 Å². The van der Waals surface area contributed by atoms with Crippen LogP contribution in [0, 0.1) is 6.92 Å². The summed E-state index contributed by atoms with van der Waals surface area (Å²) in [6.45, 7) is 5.77. The molecule has 0 amide bonds. The first-order chi connectivity index (χ1) is 7.31. The van der Waals surface area contributed by atoms with Crippen molar-refractivity contribution in [1.29, 1.82) is 0 Å². The number of anilines is 2. The fraction of sp³-hybridized carbons (Fsp3) is 0.600. The first-order valence-electron chi connectivity index (χ1n) is 5.07. The van der Waals surface area contributed by atoms with Crippen molar-refractivity contribution in [3.63, 3.8) is 0 Å². The molecule has 6 heteroatoms. The van der Waals surface area contributed by atoms with Gasteiger partial charge in [-0.3, -0.25) is 0 Å². The van der Waals surface area contributed by atoms with Crippen LogP contribution in [0.4, 0.5) is 11.6 Å². The van der Waals surface area contributed by atoms with Gasteiger partial charge < -0.3 is 15.4 Å². The maximum Gasteiger partial charge on any atom is 0.145 e. The zero-order valence-corrected chi connectivity index (χ0v) is 10.2. The second-order valence-electron chi connectivity index (χ2n) is 4.47. The fourth-order valence-corrected chi connectivity index (χ4v) is 1.48. The lowest BCUT2D eigenvalue weighted by atomic mass is 10.1. The smallest absolute Gasteiger partial charge is 0.145 e. The molecule has 0 saturated carbocycles. The predicted molar refractivity (Wildman–Crippen MR) is 64.1 cm³/mol. The van der Waals surface area contributed by atoms with Gasteiger partial charge in [-0.15, -0.1) is 0 Å². The van der Waals surface area contributed by atoms with Crippen molar-refractivity contribution in [2.45, 2.75) is 26.4 Å². The number of rotatable bonds is 4. The molecular weight excluding hydrogens is 206 g/mol. The number of aromatic nitrogens is 2. The van der Waals surface area contributed by atoms with Gasteiger partial charge in [-0.25, -0.2) is 15.8 Å². The van der Waals surface area contributed by atoms with Gasteiger partial charge in [-0.1, -0.05) is 0 Å². The lowest BCUT2D eigenvalue weighted by Gasteiger charge is -2.26. The van der Waals surface area contributed by atoms with Crippen LogP contribution in [0.25, 0.3) is 0 Å². The maximum atomic E-state index is 9.72. The molecule has 0 radical (unpaired) electrons. The summed E-state index contributed by atoms with van der Waals surface area (Å²) in [5.74, 6) is 7.22. The number of nitrogens with zero attached hydrogens (tertiary/aromatic N) is 3. The topological polar surface area (TPSA) is 87.3 Å². The van der Waals surface area contributed by atoms with Crippen molar-refractivity contribution in [2.75, 3.05) is 23.9 Å². The van der Waals surface area contributed by atoms with E-state index in [0.29, 0.717) is 18.2 Å². The van der Waals surface area contributed by atoms with E-state index in [2.05, 4.69) is 15.4 Å². The van der Waals surface area contributed by atoms with E-state index in [1.54, 1.807) is 26.8 Å². The van der Waals surface area contributed by atoms with Gasteiger partial charge in [-0.05, 0) is 20.8 Å². The van der Waals surface area contributed by atoms with Crippen LogP contribution in [0.3, 0.4) is 0 Å². The molecule has 0 aromatic carbocycles. The molecule has 6 nitrogen and oxygen atoms in total. The normalized spacial score (nSPS) is 11.4. The maximum absolute atomic E-state index is 9.72. The molecule has 1 aromatic heterocycles. The van der Waals surface area contributed by atoms with Crippen molar-refractivity contribution in [2.24, 2.45) is 5.84 Å². The van der Waals surface area contributed by atoms with E-state index in [-0.39, 0.29) is 0 Å². The molecule has 0 atom stereocenters. The molecule has 0 unspecified atom stereocenters. The molecule has 0 aliphatic carbocycles. The Morgan fingerprint density at radius 3 is 2.62 bits per heavy atom. The molecule has 0 spiro atoms. The van der Waals surface area contributed by atoms with Gasteiger partial charge >= 0.3 is 0 Å². The SMILES string of the molecule is Cc1nc(NN)cc(N(C)CC(C)(C)O)n1.